The zero-order valence-corrected chi connectivity index (χ0v) is 8.32. The Hall–Kier alpha value is 1.15. The van der Waals surface area contributed by atoms with Crippen LogP contribution in [0.5, 0.6) is 0 Å². The first-order chi connectivity index (χ1) is 1.41. The predicted molar refractivity (Wildman–Crippen MR) is 22.8 cm³/mol. The van der Waals surface area contributed by atoms with Gasteiger partial charge in [-0.15, -0.1) is 0 Å². The van der Waals surface area contributed by atoms with Gasteiger partial charge < -0.3 is 9.11 Å². The van der Waals surface area contributed by atoms with Crippen LogP contribution < -0.4 is 0 Å². The van der Waals surface area contributed by atoms with E-state index < -0.39 is 0 Å². The van der Waals surface area contributed by atoms with Crippen LogP contribution in [0.4, 0.5) is 0 Å². The van der Waals surface area contributed by atoms with Gasteiger partial charge in [0.25, 0.3) is 0 Å². The molecule has 0 bridgehead atoms. The van der Waals surface area contributed by atoms with E-state index in [9.17, 15) is 0 Å². The summed E-state index contributed by atoms with van der Waals surface area (Å²) in [5.41, 5.74) is 0. The van der Waals surface area contributed by atoms with Crippen LogP contribution in [0, 0.1) is 0 Å². The molecule has 0 amide bonds. The Morgan fingerprint density at radius 1 is 1.25 bits per heavy atom. The molecule has 0 saturated carbocycles. The van der Waals surface area contributed by atoms with Crippen LogP contribution in [0.25, 0.3) is 0 Å². The summed E-state index contributed by atoms with van der Waals surface area (Å²) in [6, 6.07) is 0. The Balaban J connectivity index is 0. The summed E-state index contributed by atoms with van der Waals surface area (Å²) in [6.07, 6.45) is 0. The zero-order valence-electron chi connectivity index (χ0n) is 2.01. The Bertz CT molecular complexity index is 6.00. The molecule has 0 heterocycles. The van der Waals surface area contributed by atoms with Crippen LogP contribution in [-0.2, 0) is 0 Å². The van der Waals surface area contributed by atoms with Crippen LogP contribution >= 0.6 is 12.3 Å². The van der Waals surface area contributed by atoms with E-state index >= 15 is 0 Å². The quantitative estimate of drug-likeness (QED) is 0.463. The van der Waals surface area contributed by atoms with Gasteiger partial charge in [-0.1, -0.05) is 0 Å². The van der Waals surface area contributed by atoms with Gasteiger partial charge in [0, 0.05) is 0 Å². The molecule has 0 aromatic heterocycles. The van der Waals surface area contributed by atoms with Crippen LogP contribution in [0.3, 0.4) is 0 Å². The molecule has 0 spiro atoms. The first kappa shape index (κ1) is 8.94. The fourth-order valence-corrected chi connectivity index (χ4v) is 0. The molecule has 0 aliphatic heterocycles. The van der Waals surface area contributed by atoms with Gasteiger partial charge in [-0.05, 0) is 0 Å². The summed E-state index contributed by atoms with van der Waals surface area (Å²) < 4.78 is 14.1. The maximum atomic E-state index is 7.04. The molecule has 0 aliphatic carbocycles. The molecule has 0 aromatic carbocycles. The van der Waals surface area contributed by atoms with E-state index in [1.165, 1.54) is 0 Å². The number of hydrogen-bond acceptors (Lipinski definition) is 3. The van der Waals surface area contributed by atoms with Crippen LogP contribution in [0.15, 0.2) is 0 Å². The van der Waals surface area contributed by atoms with E-state index in [0.29, 0.717) is 0 Å². The fourth-order valence-electron chi connectivity index (χ4n) is 0. The van der Waals surface area contributed by atoms with E-state index in [1.54, 1.807) is 0 Å². The van der Waals surface area contributed by atoms with Gasteiger partial charge in [0.1, 0.15) is 0 Å². The molecule has 4 heavy (non-hydrogen) atoms. The van der Waals surface area contributed by atoms with Crippen LogP contribution in [-0.4, -0.2) is 35.3 Å². The molecule has 0 saturated heterocycles. The molecular formula is H5BiO2S. The summed E-state index contributed by atoms with van der Waals surface area (Å²) in [5, 5.41) is 0. The predicted octanol–water partition coefficient (Wildman–Crippen LogP) is -0.518. The van der Waals surface area contributed by atoms with Crippen molar-refractivity contribution in [3.8, 4) is 0 Å². The molecule has 0 aliphatic rings. The van der Waals surface area contributed by atoms with Gasteiger partial charge >= 0.3 is 26.2 Å². The molecule has 0 unspecified atom stereocenters. The molecule has 0 radical (unpaired) electrons. The van der Waals surface area contributed by atoms with Crippen molar-refractivity contribution in [3.05, 3.63) is 0 Å². The summed E-state index contributed by atoms with van der Waals surface area (Å²) >= 11 is -0.250. The van der Waals surface area contributed by atoms with Crippen LogP contribution in [0.1, 0.15) is 0 Å². The Kier molecular flexibility index (Phi) is 19.9. The Morgan fingerprint density at radius 2 is 1.25 bits per heavy atom. The van der Waals surface area contributed by atoms with Gasteiger partial charge in [-0.3, -0.25) is 0 Å². The second-order valence-electron chi connectivity index (χ2n) is 0.0816. The number of hydrogen-bond donors (Lipinski definition) is 2. The molecular weight excluding hydrogens is 273 g/mol. The maximum absolute atomic E-state index is 7.04. The van der Waals surface area contributed by atoms with E-state index in [0.717, 1.165) is 0 Å². The zero-order chi connectivity index (χ0) is 2.71. The summed E-state index contributed by atoms with van der Waals surface area (Å²) in [5.74, 6) is 0. The number of rotatable bonds is 0. The van der Waals surface area contributed by atoms with Crippen molar-refractivity contribution in [2.24, 2.45) is 0 Å². The third-order valence-electron chi connectivity index (χ3n) is 0. The van der Waals surface area contributed by atoms with Gasteiger partial charge in [-0.25, -0.2) is 0 Å². The summed E-state index contributed by atoms with van der Waals surface area (Å²) in [4.78, 5) is 0. The molecule has 0 rings (SSSR count). The Morgan fingerprint density at radius 3 is 1.25 bits per heavy atom. The van der Waals surface area contributed by atoms with Gasteiger partial charge in [0.15, 0.2) is 12.3 Å². The average Bonchev–Trinajstić information content (AvgIpc) is 0.918. The third-order valence-corrected chi connectivity index (χ3v) is 0. The molecule has 2 N–H and O–H groups in total. The monoisotopic (exact) mass is 278 g/mol. The summed E-state index contributed by atoms with van der Waals surface area (Å²) in [7, 11) is 0. The van der Waals surface area contributed by atoms with Crippen molar-refractivity contribution in [1.29, 1.82) is 0 Å². The second-order valence-corrected chi connectivity index (χ2v) is 0.245. The van der Waals surface area contributed by atoms with E-state index in [2.05, 4.69) is 0 Å². The molecule has 0 fully saturated rings. The van der Waals surface area contributed by atoms with Gasteiger partial charge in [0.2, 0.25) is 0 Å². The standard InChI is InChI=1S/Bi.H2O2S.3H/c;1-3-2;;;/h;1-2H;;;. The van der Waals surface area contributed by atoms with E-state index in [-0.39, 0.29) is 38.5 Å². The van der Waals surface area contributed by atoms with E-state index in [1.807, 2.05) is 0 Å². The molecule has 4 heteroatoms. The molecule has 0 aromatic rings. The van der Waals surface area contributed by atoms with Crippen molar-refractivity contribution >= 4 is 38.5 Å². The third kappa shape index (κ3) is 11.0. The van der Waals surface area contributed by atoms with Gasteiger partial charge in [-0.2, -0.15) is 0 Å². The second kappa shape index (κ2) is 8.91. The van der Waals surface area contributed by atoms with Crippen molar-refractivity contribution in [1.82, 2.24) is 0 Å². The van der Waals surface area contributed by atoms with E-state index in [4.69, 9.17) is 9.11 Å². The normalized spacial score (nSPS) is 4.50. The topological polar surface area (TPSA) is 40.5 Å². The molecule has 0 atom stereocenters. The summed E-state index contributed by atoms with van der Waals surface area (Å²) in [6.45, 7) is 0. The minimum absolute atomic E-state index is 0. The molecule has 28 valence electrons. The van der Waals surface area contributed by atoms with Crippen LogP contribution in [0.2, 0.25) is 0 Å². The fraction of sp³-hybridized carbons (Fsp3) is 0. The first-order valence-electron chi connectivity index (χ1n) is 0.365. The average molecular weight is 278 g/mol. The molecule has 2 nitrogen and oxygen atoms in total. The first-order valence-corrected chi connectivity index (χ1v) is 1.10. The van der Waals surface area contributed by atoms with Crippen molar-refractivity contribution in [3.63, 3.8) is 0 Å². The van der Waals surface area contributed by atoms with Crippen molar-refractivity contribution in [2.45, 2.75) is 0 Å². The Labute approximate surface area is 47.8 Å². The SMILES string of the molecule is OSO.[BiH3]. The van der Waals surface area contributed by atoms with Gasteiger partial charge in [0.05, 0.1) is 0 Å². The van der Waals surface area contributed by atoms with Crippen molar-refractivity contribution in [2.75, 3.05) is 0 Å². The minimum atomic E-state index is -0.250. The van der Waals surface area contributed by atoms with Crippen molar-refractivity contribution < 1.29 is 9.11 Å².